The highest BCUT2D eigenvalue weighted by molar-refractivity contribution is 6.57. The van der Waals surface area contributed by atoms with E-state index in [4.69, 9.17) is 0 Å². The summed E-state index contributed by atoms with van der Waals surface area (Å²) in [6.07, 6.45) is 5.14. The predicted octanol–water partition coefficient (Wildman–Crippen LogP) is 3.55. The van der Waals surface area contributed by atoms with E-state index in [2.05, 4.69) is 0 Å². The third-order valence-corrected chi connectivity index (χ3v) is 4.02. The highest BCUT2D eigenvalue weighted by atomic mass is 19.2. The molecule has 0 fully saturated rings. The Morgan fingerprint density at radius 1 is 1.00 bits per heavy atom. The molecule has 4 rings (SSSR count). The summed E-state index contributed by atoms with van der Waals surface area (Å²) in [5.74, 6) is -3.59. The number of hydrogen-bond acceptors (Lipinski definition) is 0. The molecule has 0 N–H and O–H groups in total. The van der Waals surface area contributed by atoms with Crippen LogP contribution in [0.3, 0.4) is 0 Å². The lowest BCUT2D eigenvalue weighted by Crippen LogP contribution is -2.49. The first-order chi connectivity index (χ1) is 10.9. The fraction of sp³-hybridized carbons (Fsp3) is 0. The molecule has 116 valence electrons. The molecule has 0 bridgehead atoms. The van der Waals surface area contributed by atoms with Crippen LogP contribution in [-0.4, -0.2) is 22.1 Å². The quantitative estimate of drug-likeness (QED) is 0.431. The Morgan fingerprint density at radius 2 is 1.74 bits per heavy atom. The van der Waals surface area contributed by atoms with Crippen LogP contribution in [0.4, 0.5) is 21.8 Å². The Hall–Kier alpha value is -2.64. The van der Waals surface area contributed by atoms with Gasteiger partial charge in [-0.3, -0.25) is 0 Å². The lowest BCUT2D eigenvalue weighted by molar-refractivity contribution is -0.356. The van der Waals surface area contributed by atoms with Gasteiger partial charge in [0.1, 0.15) is 12.0 Å². The van der Waals surface area contributed by atoms with E-state index in [9.17, 15) is 21.8 Å². The summed E-state index contributed by atoms with van der Waals surface area (Å²) in [5, 5.41) is 0. The van der Waals surface area contributed by atoms with Crippen molar-refractivity contribution in [3.8, 4) is 0 Å². The van der Waals surface area contributed by atoms with Crippen molar-refractivity contribution in [1.29, 1.82) is 0 Å². The number of rotatable bonds is 1. The number of nitrogens with zero attached hydrogens (tertiary/aromatic N) is 2. The molecule has 2 aliphatic rings. The molecule has 0 unspecified atom stereocenters. The Kier molecular flexibility index (Phi) is 2.70. The second-order valence-corrected chi connectivity index (χ2v) is 5.31. The maximum Gasteiger partial charge on any atom is 0.737 e. The van der Waals surface area contributed by atoms with Gasteiger partial charge in [-0.2, -0.15) is 0 Å². The van der Waals surface area contributed by atoms with Crippen molar-refractivity contribution in [1.82, 2.24) is 4.48 Å². The zero-order chi connectivity index (χ0) is 16.4. The molecule has 0 saturated heterocycles. The molecule has 0 amide bonds. The molecule has 2 aliphatic heterocycles. The second-order valence-electron chi connectivity index (χ2n) is 5.31. The highest BCUT2D eigenvalue weighted by Crippen LogP contribution is 2.39. The fourth-order valence-electron chi connectivity index (χ4n) is 3.01. The molecular weight excluding hydrogens is 314 g/mol. The van der Waals surface area contributed by atoms with Crippen LogP contribution in [0.1, 0.15) is 11.3 Å². The van der Waals surface area contributed by atoms with Crippen LogP contribution in [0.5, 0.6) is 0 Å². The van der Waals surface area contributed by atoms with E-state index in [1.54, 1.807) is 0 Å². The van der Waals surface area contributed by atoms with Crippen molar-refractivity contribution >= 4 is 18.8 Å². The van der Waals surface area contributed by atoms with Crippen LogP contribution >= 0.6 is 0 Å². The van der Waals surface area contributed by atoms with Gasteiger partial charge in [0.2, 0.25) is 0 Å². The predicted molar refractivity (Wildman–Crippen MR) is 75.6 cm³/mol. The Morgan fingerprint density at radius 3 is 2.52 bits per heavy atom. The van der Waals surface area contributed by atoms with E-state index in [-0.39, 0.29) is 22.5 Å². The molecule has 23 heavy (non-hydrogen) atoms. The zero-order valence-corrected chi connectivity index (χ0v) is 11.5. The maximum atomic E-state index is 14.5. The lowest BCUT2D eigenvalue weighted by atomic mass is 9.86. The second kappa shape index (κ2) is 4.44. The average molecular weight is 322 g/mol. The molecule has 0 saturated carbocycles. The van der Waals surface area contributed by atoms with Crippen LogP contribution in [-0.2, 0) is 0 Å². The minimum Gasteiger partial charge on any atom is -0.396 e. The van der Waals surface area contributed by atoms with Crippen molar-refractivity contribution < 1.29 is 26.3 Å². The smallest absolute Gasteiger partial charge is 0.396 e. The monoisotopic (exact) mass is 322 g/mol. The zero-order valence-electron chi connectivity index (χ0n) is 11.5. The summed E-state index contributed by atoms with van der Waals surface area (Å²) in [6, 6.07) is 3.89. The molecule has 2 aromatic rings. The first kappa shape index (κ1) is 14.0. The minimum atomic E-state index is -4.12. The van der Waals surface area contributed by atoms with Crippen LogP contribution < -0.4 is 0 Å². The maximum absolute atomic E-state index is 14.5. The lowest BCUT2D eigenvalue weighted by Gasteiger charge is -2.31. The number of benzene rings is 1. The topological polar surface area (TPSA) is 7.94 Å². The van der Waals surface area contributed by atoms with Crippen LogP contribution in [0.2, 0.25) is 0 Å². The van der Waals surface area contributed by atoms with E-state index < -0.39 is 24.4 Å². The van der Waals surface area contributed by atoms with Crippen molar-refractivity contribution in [3.05, 3.63) is 77.0 Å². The van der Waals surface area contributed by atoms with Crippen molar-refractivity contribution in [2.75, 3.05) is 0 Å². The van der Waals surface area contributed by atoms with Crippen molar-refractivity contribution in [2.45, 2.75) is 0 Å². The summed E-state index contributed by atoms with van der Waals surface area (Å²) < 4.78 is 71.4. The van der Waals surface area contributed by atoms with Gasteiger partial charge in [0.15, 0.2) is 17.3 Å². The summed E-state index contributed by atoms with van der Waals surface area (Å²) >= 11 is 0. The van der Waals surface area contributed by atoms with Crippen molar-refractivity contribution in [3.63, 3.8) is 0 Å². The SMILES string of the molecule is Fc1cc(F)c(C2=C3C=CC=[N+]3[B-](F)(F)n3cccc32)cc1F. The number of halogens is 5. The molecule has 1 aromatic heterocycles. The van der Waals surface area contributed by atoms with Crippen molar-refractivity contribution in [2.24, 2.45) is 0 Å². The molecular formula is C15H8BF5N2. The van der Waals surface area contributed by atoms with E-state index >= 15 is 0 Å². The first-order valence-corrected chi connectivity index (χ1v) is 6.80. The molecule has 3 heterocycles. The highest BCUT2D eigenvalue weighted by Gasteiger charge is 2.51. The van der Waals surface area contributed by atoms with Gasteiger partial charge in [-0.05, 0) is 24.4 Å². The summed E-state index contributed by atoms with van der Waals surface area (Å²) in [7, 11) is 0. The Bertz CT molecular complexity index is 939. The van der Waals surface area contributed by atoms with Gasteiger partial charge in [-0.25, -0.2) is 13.2 Å². The van der Waals surface area contributed by atoms with Gasteiger partial charge in [0.25, 0.3) is 0 Å². The number of fused-ring (bicyclic) bond motifs is 2. The molecule has 8 heteroatoms. The normalized spacial score (nSPS) is 18.0. The fourth-order valence-corrected chi connectivity index (χ4v) is 3.01. The van der Waals surface area contributed by atoms with Gasteiger partial charge in [0, 0.05) is 29.5 Å². The number of hydrogen-bond donors (Lipinski definition) is 0. The summed E-state index contributed by atoms with van der Waals surface area (Å²) in [6.45, 7) is -4.12. The van der Waals surface area contributed by atoms with Crippen LogP contribution in [0.25, 0.3) is 5.57 Å². The van der Waals surface area contributed by atoms with Gasteiger partial charge < -0.3 is 17.6 Å². The van der Waals surface area contributed by atoms with Gasteiger partial charge in [0.05, 0.1) is 5.57 Å². The number of aromatic nitrogens is 1. The molecule has 0 spiro atoms. The van der Waals surface area contributed by atoms with E-state index in [0.717, 1.165) is 8.96 Å². The van der Waals surface area contributed by atoms with Gasteiger partial charge >= 0.3 is 6.97 Å². The third kappa shape index (κ3) is 1.77. The van der Waals surface area contributed by atoms with E-state index in [1.807, 2.05) is 0 Å². The first-order valence-electron chi connectivity index (χ1n) is 6.80. The third-order valence-electron chi connectivity index (χ3n) is 4.02. The Balaban J connectivity index is 2.08. The van der Waals surface area contributed by atoms with Crippen LogP contribution in [0, 0.1) is 17.5 Å². The molecule has 0 aliphatic carbocycles. The van der Waals surface area contributed by atoms with E-state index in [1.165, 1.54) is 36.7 Å². The van der Waals surface area contributed by atoms with Gasteiger partial charge in [-0.1, -0.05) is 0 Å². The standard InChI is InChI=1S/C15H8BF5N2/c17-10-8-12(19)11(18)7-9(10)15-13-3-1-5-22(13)16(20,21)23-6-2-4-14(15)23/h1-8H. The molecule has 1 aromatic carbocycles. The van der Waals surface area contributed by atoms with E-state index in [0.29, 0.717) is 12.1 Å². The summed E-state index contributed by atoms with van der Waals surface area (Å²) in [4.78, 5) is 0. The largest absolute Gasteiger partial charge is 0.737 e. The Labute approximate surface area is 127 Å². The molecule has 2 nitrogen and oxygen atoms in total. The molecule has 0 atom stereocenters. The van der Waals surface area contributed by atoms with Crippen LogP contribution in [0.15, 0.2) is 48.3 Å². The summed E-state index contributed by atoms with van der Waals surface area (Å²) in [5.41, 5.74) is -0.0866. The average Bonchev–Trinajstić information content (AvgIpc) is 3.14. The number of allylic oxidation sites excluding steroid dienone is 2. The van der Waals surface area contributed by atoms with Gasteiger partial charge in [-0.15, -0.1) is 0 Å². The minimum absolute atomic E-state index is 0.0473. The molecule has 0 radical (unpaired) electrons.